The maximum atomic E-state index is 14.1. The van der Waals surface area contributed by atoms with E-state index in [9.17, 15) is 31.1 Å². The van der Waals surface area contributed by atoms with Gasteiger partial charge in [-0.25, -0.2) is 9.97 Å². The first-order chi connectivity index (χ1) is 17.0. The molecule has 12 heteroatoms. The molecule has 3 aromatic rings. The molecule has 5 heterocycles. The predicted molar refractivity (Wildman–Crippen MR) is 122 cm³/mol. The van der Waals surface area contributed by atoms with Crippen molar-refractivity contribution in [1.29, 1.82) is 0 Å². The van der Waals surface area contributed by atoms with E-state index in [1.165, 1.54) is 43.5 Å². The predicted octanol–water partition coefficient (Wildman–Crippen LogP) is 6.05. The maximum Gasteiger partial charge on any atom is 0.420 e. The average molecular weight is 503 g/mol. The van der Waals surface area contributed by atoms with E-state index in [-0.39, 0.29) is 39.0 Å². The molecule has 1 amide bonds. The Hall–Kier alpha value is -4.35. The quantitative estimate of drug-likeness (QED) is 0.243. The highest BCUT2D eigenvalue weighted by Crippen LogP contribution is 2.38. The van der Waals surface area contributed by atoms with Gasteiger partial charge in [0.2, 0.25) is 0 Å². The number of carbonyl (C=O) groups is 1. The van der Waals surface area contributed by atoms with Gasteiger partial charge in [-0.1, -0.05) is 0 Å². The van der Waals surface area contributed by atoms with E-state index in [0.29, 0.717) is 0 Å². The lowest BCUT2D eigenvalue weighted by atomic mass is 10.1. The van der Waals surface area contributed by atoms with Crippen LogP contribution in [0.4, 0.5) is 26.3 Å². The number of H-pyrrole nitrogens is 2. The number of carbonyl (C=O) groups excluding carboxylic acids is 1. The zero-order valence-electron chi connectivity index (χ0n) is 18.3. The van der Waals surface area contributed by atoms with Crippen LogP contribution < -0.4 is 5.32 Å². The summed E-state index contributed by atoms with van der Waals surface area (Å²) in [5, 5.41) is 2.35. The Labute approximate surface area is 198 Å². The molecule has 2 aliphatic heterocycles. The standard InChI is InChI=1S/C24H15F6N5O/c1-31-22(36)19-13-6-8-17(34-13)20(23(25,26)27)15-4-2-11(32-15)10-12-3-5-16(33-12)21(24(28,29)30)18-9-7-14(19)35-18/h2-10,32,34H,1H3,(H,31,36). The van der Waals surface area contributed by atoms with Gasteiger partial charge in [-0.05, 0) is 54.6 Å². The van der Waals surface area contributed by atoms with Gasteiger partial charge in [0.05, 0.1) is 44.9 Å². The lowest BCUT2D eigenvalue weighted by molar-refractivity contribution is -0.138. The highest BCUT2D eigenvalue weighted by molar-refractivity contribution is 6.04. The summed E-state index contributed by atoms with van der Waals surface area (Å²) in [5.41, 5.74) is -3.76. The van der Waals surface area contributed by atoms with Crippen LogP contribution in [-0.2, 0) is 12.4 Å². The van der Waals surface area contributed by atoms with E-state index < -0.39 is 40.8 Å². The molecule has 0 atom stereocenters. The summed E-state index contributed by atoms with van der Waals surface area (Å²) in [6.07, 6.45) is -4.85. The Bertz CT molecular complexity index is 1620. The fourth-order valence-corrected chi connectivity index (χ4v) is 4.10. The summed E-state index contributed by atoms with van der Waals surface area (Å²) < 4.78 is 84.5. The molecule has 0 saturated heterocycles. The number of amides is 1. The third kappa shape index (κ3) is 4.04. The average Bonchev–Trinajstić information content (AvgIpc) is 3.57. The zero-order valence-corrected chi connectivity index (χ0v) is 18.3. The van der Waals surface area contributed by atoms with Gasteiger partial charge in [-0.2, -0.15) is 26.3 Å². The van der Waals surface area contributed by atoms with Crippen LogP contribution in [0.1, 0.15) is 44.3 Å². The fourth-order valence-electron chi connectivity index (χ4n) is 4.10. The fraction of sp³-hybridized carbons (Fsp3) is 0.125. The molecular weight excluding hydrogens is 488 g/mol. The van der Waals surface area contributed by atoms with E-state index >= 15 is 0 Å². The molecule has 2 aliphatic rings. The minimum atomic E-state index is -4.83. The molecule has 0 unspecified atom stereocenters. The summed E-state index contributed by atoms with van der Waals surface area (Å²) in [5.74, 6) is -0.748. The molecule has 6 nitrogen and oxygen atoms in total. The van der Waals surface area contributed by atoms with E-state index in [2.05, 4.69) is 25.3 Å². The number of hydrogen-bond acceptors (Lipinski definition) is 3. The van der Waals surface area contributed by atoms with Crippen molar-refractivity contribution in [2.75, 3.05) is 7.05 Å². The van der Waals surface area contributed by atoms with Gasteiger partial charge in [0.25, 0.3) is 5.91 Å². The van der Waals surface area contributed by atoms with Crippen LogP contribution in [0.5, 0.6) is 0 Å². The van der Waals surface area contributed by atoms with E-state index in [0.717, 1.165) is 18.2 Å². The topological polar surface area (TPSA) is 86.5 Å². The highest BCUT2D eigenvalue weighted by atomic mass is 19.4. The first-order valence-electron chi connectivity index (χ1n) is 10.5. The van der Waals surface area contributed by atoms with E-state index in [1.54, 1.807) is 0 Å². The van der Waals surface area contributed by atoms with Crippen molar-refractivity contribution in [3.05, 3.63) is 69.8 Å². The van der Waals surface area contributed by atoms with Gasteiger partial charge in [0, 0.05) is 12.6 Å². The van der Waals surface area contributed by atoms with Crippen molar-refractivity contribution < 1.29 is 31.1 Å². The number of nitrogens with one attached hydrogen (secondary N) is 3. The van der Waals surface area contributed by atoms with Crippen LogP contribution in [0.15, 0.2) is 30.3 Å². The number of hydrogen-bond donors (Lipinski definition) is 3. The summed E-state index contributed by atoms with van der Waals surface area (Å²) in [7, 11) is 1.29. The van der Waals surface area contributed by atoms with Crippen LogP contribution in [0.2, 0.25) is 0 Å². The van der Waals surface area contributed by atoms with Crippen molar-refractivity contribution in [2.24, 2.45) is 0 Å². The number of aromatic nitrogens is 4. The molecule has 184 valence electrons. The van der Waals surface area contributed by atoms with Crippen LogP contribution in [0.25, 0.3) is 46.4 Å². The normalized spacial score (nSPS) is 13.3. The largest absolute Gasteiger partial charge is 0.420 e. The summed E-state index contributed by atoms with van der Waals surface area (Å²) in [6, 6.07) is 6.29. The smallest absolute Gasteiger partial charge is 0.355 e. The maximum absolute atomic E-state index is 14.1. The van der Waals surface area contributed by atoms with Crippen LogP contribution in [-0.4, -0.2) is 32.9 Å². The van der Waals surface area contributed by atoms with Crippen LogP contribution in [0.3, 0.4) is 0 Å². The van der Waals surface area contributed by atoms with Crippen molar-refractivity contribution in [2.45, 2.75) is 12.4 Å². The molecule has 3 N–H and O–H groups in total. The third-order valence-corrected chi connectivity index (χ3v) is 5.60. The molecule has 0 aromatic carbocycles. The van der Waals surface area contributed by atoms with Crippen molar-refractivity contribution in [3.63, 3.8) is 0 Å². The molecule has 0 aliphatic carbocycles. The molecule has 8 bridgehead atoms. The molecule has 5 rings (SSSR count). The molecule has 0 spiro atoms. The van der Waals surface area contributed by atoms with E-state index in [1.807, 2.05) is 0 Å². The Morgan fingerprint density at radius 3 is 2.03 bits per heavy atom. The second-order valence-corrected chi connectivity index (χ2v) is 7.93. The lowest BCUT2D eigenvalue weighted by Gasteiger charge is -2.08. The zero-order chi connectivity index (χ0) is 25.8. The minimum absolute atomic E-state index is 0.0523. The molecule has 0 radical (unpaired) electrons. The number of halogens is 6. The second kappa shape index (κ2) is 8.11. The Morgan fingerprint density at radius 1 is 0.750 bits per heavy atom. The number of aromatic amines is 2. The van der Waals surface area contributed by atoms with Gasteiger partial charge in [-0.3, -0.25) is 4.79 Å². The Morgan fingerprint density at radius 2 is 1.33 bits per heavy atom. The van der Waals surface area contributed by atoms with Crippen molar-refractivity contribution >= 4 is 52.3 Å². The van der Waals surface area contributed by atoms with Crippen LogP contribution >= 0.6 is 0 Å². The summed E-state index contributed by atoms with van der Waals surface area (Å²) in [4.78, 5) is 25.9. The highest BCUT2D eigenvalue weighted by Gasteiger charge is 2.38. The summed E-state index contributed by atoms with van der Waals surface area (Å²) in [6.45, 7) is 0. The first-order valence-corrected chi connectivity index (χ1v) is 10.5. The molecule has 0 saturated carbocycles. The minimum Gasteiger partial charge on any atom is -0.355 e. The first kappa shape index (κ1) is 23.4. The van der Waals surface area contributed by atoms with Gasteiger partial charge < -0.3 is 15.3 Å². The molecular formula is C24H15F6N5O. The Balaban J connectivity index is 2.01. The Kier molecular flexibility index (Phi) is 5.27. The number of rotatable bonds is 1. The number of fused-ring (bicyclic) bond motifs is 8. The molecule has 3 aromatic heterocycles. The number of nitrogens with zero attached hydrogens (tertiary/aromatic N) is 2. The van der Waals surface area contributed by atoms with Crippen molar-refractivity contribution in [3.8, 4) is 0 Å². The van der Waals surface area contributed by atoms with Gasteiger partial charge in [0.1, 0.15) is 11.1 Å². The van der Waals surface area contributed by atoms with Crippen molar-refractivity contribution in [1.82, 2.24) is 25.3 Å². The number of alkyl halides is 6. The van der Waals surface area contributed by atoms with Gasteiger partial charge in [-0.15, -0.1) is 0 Å². The third-order valence-electron chi connectivity index (χ3n) is 5.60. The van der Waals surface area contributed by atoms with Gasteiger partial charge in [0.15, 0.2) is 0 Å². The molecule has 0 fully saturated rings. The second-order valence-electron chi connectivity index (χ2n) is 7.93. The SMILES string of the molecule is CNC(=O)c1c2nc(c(C(F)(F)F)c3nc(cc4ccc([nH]4)c(C(F)(F)F)c4ccc1[nH]4)C=C3)C=C2. The monoisotopic (exact) mass is 503 g/mol. The summed E-state index contributed by atoms with van der Waals surface area (Å²) >= 11 is 0. The van der Waals surface area contributed by atoms with E-state index in [4.69, 9.17) is 0 Å². The lowest BCUT2D eigenvalue weighted by Crippen LogP contribution is -2.19. The van der Waals surface area contributed by atoms with Crippen LogP contribution in [0, 0.1) is 0 Å². The molecule has 36 heavy (non-hydrogen) atoms. The van der Waals surface area contributed by atoms with Gasteiger partial charge >= 0.3 is 12.4 Å².